The Bertz CT molecular complexity index is 433. The number of thioether (sulfide) groups is 1. The van der Waals surface area contributed by atoms with E-state index in [0.717, 1.165) is 16.5 Å². The van der Waals surface area contributed by atoms with E-state index in [2.05, 4.69) is 15.4 Å². The Morgan fingerprint density at radius 3 is 3.00 bits per heavy atom. The minimum atomic E-state index is 0.274. The first kappa shape index (κ1) is 10.3. The van der Waals surface area contributed by atoms with Crippen LogP contribution in [0.1, 0.15) is 19.3 Å². The Morgan fingerprint density at radius 1 is 1.44 bits per heavy atom. The van der Waals surface area contributed by atoms with Crippen molar-refractivity contribution in [3.63, 3.8) is 0 Å². The molecule has 2 aliphatic carbocycles. The molecule has 0 spiro atoms. The number of aromatic nitrogens is 2. The van der Waals surface area contributed by atoms with Crippen molar-refractivity contribution < 1.29 is 5.21 Å². The van der Waals surface area contributed by atoms with Crippen LogP contribution in [0.5, 0.6) is 0 Å². The van der Waals surface area contributed by atoms with Crippen molar-refractivity contribution in [2.45, 2.75) is 28.9 Å². The number of fused-ring (bicyclic) bond motifs is 2. The zero-order chi connectivity index (χ0) is 11.1. The molecule has 1 aromatic rings. The number of oxime groups is 1. The van der Waals surface area contributed by atoms with Crippen molar-refractivity contribution in [1.29, 1.82) is 0 Å². The highest BCUT2D eigenvalue weighted by atomic mass is 32.2. The fraction of sp³-hybridized carbons (Fsp3) is 0.667. The van der Waals surface area contributed by atoms with E-state index in [-0.39, 0.29) is 5.25 Å². The van der Waals surface area contributed by atoms with Gasteiger partial charge in [0.2, 0.25) is 5.13 Å². The highest BCUT2D eigenvalue weighted by Gasteiger charge is 2.46. The minimum absolute atomic E-state index is 0.274. The maximum Gasteiger partial charge on any atom is 0.203 e. The van der Waals surface area contributed by atoms with E-state index in [1.165, 1.54) is 24.2 Å². The third kappa shape index (κ3) is 1.58. The lowest BCUT2D eigenvalue weighted by Gasteiger charge is -2.20. The number of nitrogens with two attached hydrogens (primary N) is 1. The molecule has 0 amide bonds. The summed E-state index contributed by atoms with van der Waals surface area (Å²) in [5, 5.41) is 21.1. The average Bonchev–Trinajstić information content (AvgIpc) is 2.94. The van der Waals surface area contributed by atoms with Crippen molar-refractivity contribution in [2.75, 3.05) is 5.73 Å². The van der Waals surface area contributed by atoms with Gasteiger partial charge in [-0.2, -0.15) is 0 Å². The van der Waals surface area contributed by atoms with Crippen LogP contribution in [0.25, 0.3) is 0 Å². The summed E-state index contributed by atoms with van der Waals surface area (Å²) in [5.41, 5.74) is 6.49. The van der Waals surface area contributed by atoms with E-state index < -0.39 is 0 Å². The van der Waals surface area contributed by atoms with Gasteiger partial charge in [0.25, 0.3) is 0 Å². The van der Waals surface area contributed by atoms with Crippen LogP contribution in [-0.4, -0.2) is 26.4 Å². The Morgan fingerprint density at radius 2 is 2.31 bits per heavy atom. The maximum atomic E-state index is 9.06. The zero-order valence-corrected chi connectivity index (χ0v) is 10.2. The lowest BCUT2D eigenvalue weighted by atomic mass is 9.98. The summed E-state index contributed by atoms with van der Waals surface area (Å²) in [7, 11) is 0. The second kappa shape index (κ2) is 3.89. The number of nitrogens with zero attached hydrogens (tertiary/aromatic N) is 3. The molecule has 86 valence electrons. The van der Waals surface area contributed by atoms with Crippen molar-refractivity contribution >= 4 is 33.9 Å². The van der Waals surface area contributed by atoms with Gasteiger partial charge in [0, 0.05) is 5.92 Å². The van der Waals surface area contributed by atoms with Gasteiger partial charge in [-0.3, -0.25) is 0 Å². The van der Waals surface area contributed by atoms with Gasteiger partial charge in [-0.1, -0.05) is 28.3 Å². The van der Waals surface area contributed by atoms with Gasteiger partial charge in [-0.05, 0) is 25.2 Å². The second-order valence-corrected chi connectivity index (χ2v) is 6.64. The fourth-order valence-electron chi connectivity index (χ4n) is 2.71. The normalized spacial score (nSPS) is 35.0. The highest BCUT2D eigenvalue weighted by molar-refractivity contribution is 8.02. The van der Waals surface area contributed by atoms with Crippen molar-refractivity contribution in [2.24, 2.45) is 17.0 Å². The Labute approximate surface area is 101 Å². The number of nitrogen functional groups attached to an aromatic ring is 1. The Balaban J connectivity index is 1.80. The quantitative estimate of drug-likeness (QED) is 0.623. The van der Waals surface area contributed by atoms with Gasteiger partial charge in [0.15, 0.2) is 4.34 Å². The Kier molecular flexibility index (Phi) is 2.51. The van der Waals surface area contributed by atoms with E-state index in [1.54, 1.807) is 11.8 Å². The molecule has 1 aromatic heterocycles. The lowest BCUT2D eigenvalue weighted by Crippen LogP contribution is -2.24. The average molecular weight is 256 g/mol. The van der Waals surface area contributed by atoms with E-state index in [9.17, 15) is 0 Å². The largest absolute Gasteiger partial charge is 0.411 e. The second-order valence-electron chi connectivity index (χ2n) is 4.24. The van der Waals surface area contributed by atoms with Gasteiger partial charge in [0.05, 0.1) is 11.0 Å². The highest BCUT2D eigenvalue weighted by Crippen LogP contribution is 2.49. The fourth-order valence-corrected chi connectivity index (χ4v) is 4.91. The summed E-state index contributed by atoms with van der Waals surface area (Å²) < 4.78 is 0.871. The van der Waals surface area contributed by atoms with Crippen LogP contribution in [0.2, 0.25) is 0 Å². The molecule has 0 aliphatic heterocycles. The van der Waals surface area contributed by atoms with Crippen molar-refractivity contribution in [3.05, 3.63) is 0 Å². The van der Waals surface area contributed by atoms with E-state index in [0.29, 0.717) is 17.0 Å². The molecule has 2 bridgehead atoms. The first-order valence-electron chi connectivity index (χ1n) is 5.25. The van der Waals surface area contributed by atoms with Crippen LogP contribution in [0.3, 0.4) is 0 Å². The molecule has 1 heterocycles. The summed E-state index contributed by atoms with van der Waals surface area (Å²) in [4.78, 5) is 0. The molecule has 3 atom stereocenters. The maximum absolute atomic E-state index is 9.06. The molecular weight excluding hydrogens is 244 g/mol. The van der Waals surface area contributed by atoms with Gasteiger partial charge >= 0.3 is 0 Å². The first-order chi connectivity index (χ1) is 7.78. The van der Waals surface area contributed by atoms with Crippen LogP contribution in [0.4, 0.5) is 5.13 Å². The molecule has 5 nitrogen and oxygen atoms in total. The lowest BCUT2D eigenvalue weighted by molar-refractivity contribution is 0.314. The molecule has 7 heteroatoms. The predicted octanol–water partition coefficient (Wildman–Crippen LogP) is 1.84. The summed E-state index contributed by atoms with van der Waals surface area (Å²) in [6, 6.07) is 0. The SMILES string of the molecule is Nc1nnc(SC2/C(=N/O)C3CCC2C3)s1. The van der Waals surface area contributed by atoms with Crippen LogP contribution < -0.4 is 5.73 Å². The molecule has 3 unspecified atom stereocenters. The molecule has 2 aliphatic rings. The summed E-state index contributed by atoms with van der Waals surface area (Å²) >= 11 is 3.04. The summed E-state index contributed by atoms with van der Waals surface area (Å²) in [6.45, 7) is 0. The van der Waals surface area contributed by atoms with E-state index in [4.69, 9.17) is 10.9 Å². The number of rotatable bonds is 2. The molecule has 0 saturated heterocycles. The topological polar surface area (TPSA) is 84.4 Å². The third-order valence-corrected chi connectivity index (χ3v) is 5.63. The number of anilines is 1. The first-order valence-corrected chi connectivity index (χ1v) is 6.95. The van der Waals surface area contributed by atoms with Gasteiger partial charge in [-0.15, -0.1) is 10.2 Å². The smallest absolute Gasteiger partial charge is 0.203 e. The van der Waals surface area contributed by atoms with Crippen molar-refractivity contribution in [1.82, 2.24) is 10.2 Å². The van der Waals surface area contributed by atoms with Crippen LogP contribution in [-0.2, 0) is 0 Å². The molecule has 0 aromatic carbocycles. The van der Waals surface area contributed by atoms with Gasteiger partial charge in [-0.25, -0.2) is 0 Å². The number of hydrogen-bond donors (Lipinski definition) is 2. The van der Waals surface area contributed by atoms with Gasteiger partial charge < -0.3 is 10.9 Å². The molecular formula is C9H12N4OS2. The molecule has 0 radical (unpaired) electrons. The third-order valence-electron chi connectivity index (χ3n) is 3.38. The molecule has 3 N–H and O–H groups in total. The summed E-state index contributed by atoms with van der Waals surface area (Å²) in [5.74, 6) is 1.11. The van der Waals surface area contributed by atoms with Crippen LogP contribution in [0, 0.1) is 11.8 Å². The predicted molar refractivity (Wildman–Crippen MR) is 64.0 cm³/mol. The number of hydrogen-bond acceptors (Lipinski definition) is 7. The van der Waals surface area contributed by atoms with Crippen LogP contribution >= 0.6 is 23.1 Å². The summed E-state index contributed by atoms with van der Waals surface area (Å²) in [6.07, 6.45) is 3.56. The van der Waals surface area contributed by atoms with Crippen LogP contribution in [0.15, 0.2) is 9.50 Å². The molecule has 2 fully saturated rings. The minimum Gasteiger partial charge on any atom is -0.411 e. The molecule has 16 heavy (non-hydrogen) atoms. The standard InChI is InChI=1S/C9H12N4OS2/c10-8-11-12-9(16-8)15-7-5-2-1-4(3-5)6(7)13-14/h4-5,7,14H,1-3H2,(H2,10,11)/b13-6+. The van der Waals surface area contributed by atoms with E-state index in [1.807, 2.05) is 0 Å². The van der Waals surface area contributed by atoms with E-state index >= 15 is 0 Å². The zero-order valence-electron chi connectivity index (χ0n) is 8.54. The van der Waals surface area contributed by atoms with Gasteiger partial charge in [0.1, 0.15) is 0 Å². The molecule has 3 rings (SSSR count). The molecule has 2 saturated carbocycles. The van der Waals surface area contributed by atoms with Crippen molar-refractivity contribution in [3.8, 4) is 0 Å². The monoisotopic (exact) mass is 256 g/mol. The Hall–Kier alpha value is -0.820.